The van der Waals surface area contributed by atoms with Crippen LogP contribution in [0.4, 0.5) is 5.69 Å². The van der Waals surface area contributed by atoms with Gasteiger partial charge in [0.2, 0.25) is 0 Å². The summed E-state index contributed by atoms with van der Waals surface area (Å²) in [7, 11) is 0. The second-order valence-electron chi connectivity index (χ2n) is 5.84. The van der Waals surface area contributed by atoms with Gasteiger partial charge >= 0.3 is 0 Å². The Morgan fingerprint density at radius 2 is 1.77 bits per heavy atom. The number of nitrogens with zero attached hydrogens (tertiary/aromatic N) is 3. The number of hydrogen-bond donors (Lipinski definition) is 0. The van der Waals surface area contributed by atoms with Crippen LogP contribution in [0.15, 0.2) is 60.0 Å². The van der Waals surface area contributed by atoms with Crippen LogP contribution in [0.25, 0.3) is 22.9 Å². The number of rotatable bonds is 6. The molecule has 0 saturated heterocycles. The van der Waals surface area contributed by atoms with Crippen molar-refractivity contribution in [1.29, 1.82) is 5.26 Å². The molecule has 1 heterocycles. The van der Waals surface area contributed by atoms with Gasteiger partial charge in [-0.2, -0.15) is 5.26 Å². The van der Waals surface area contributed by atoms with Gasteiger partial charge in [-0.15, -0.1) is 11.3 Å². The highest BCUT2D eigenvalue weighted by Gasteiger charge is 2.09. The molecule has 130 valence electrons. The number of anilines is 1. The van der Waals surface area contributed by atoms with E-state index < -0.39 is 0 Å². The third-order valence-corrected chi connectivity index (χ3v) is 5.13. The van der Waals surface area contributed by atoms with Crippen LogP contribution in [0, 0.1) is 11.3 Å². The van der Waals surface area contributed by atoms with Gasteiger partial charge in [0.05, 0.1) is 11.3 Å². The van der Waals surface area contributed by atoms with E-state index in [1.807, 2.05) is 41.8 Å². The summed E-state index contributed by atoms with van der Waals surface area (Å²) in [5.41, 5.74) is 4.77. The Morgan fingerprint density at radius 1 is 1.08 bits per heavy atom. The maximum atomic E-state index is 9.58. The average molecular weight is 359 g/mol. The van der Waals surface area contributed by atoms with Crippen molar-refractivity contribution in [1.82, 2.24) is 4.98 Å². The fourth-order valence-electron chi connectivity index (χ4n) is 2.82. The molecule has 0 aliphatic rings. The third-order valence-electron chi connectivity index (χ3n) is 4.26. The molecule has 0 amide bonds. The molecular formula is C22H21N3S. The highest BCUT2D eigenvalue weighted by molar-refractivity contribution is 7.11. The number of aromatic nitrogens is 1. The van der Waals surface area contributed by atoms with Crippen LogP contribution in [0.3, 0.4) is 0 Å². The highest BCUT2D eigenvalue weighted by atomic mass is 32.1. The Labute approximate surface area is 158 Å². The predicted molar refractivity (Wildman–Crippen MR) is 111 cm³/mol. The molecule has 0 N–H and O–H groups in total. The maximum Gasteiger partial charge on any atom is 0.134 e. The molecule has 3 nitrogen and oxygen atoms in total. The predicted octanol–water partition coefficient (Wildman–Crippen LogP) is 5.72. The molecule has 0 atom stereocenters. The van der Waals surface area contributed by atoms with Crippen molar-refractivity contribution < 1.29 is 0 Å². The van der Waals surface area contributed by atoms with Crippen LogP contribution in [0.2, 0.25) is 0 Å². The molecule has 0 aliphatic carbocycles. The first-order valence-electron chi connectivity index (χ1n) is 8.73. The molecule has 0 aliphatic heterocycles. The van der Waals surface area contributed by atoms with Gasteiger partial charge in [0.25, 0.3) is 0 Å². The van der Waals surface area contributed by atoms with Gasteiger partial charge in [-0.05, 0) is 37.6 Å². The molecular weight excluding hydrogens is 338 g/mol. The minimum atomic E-state index is 0.591. The molecule has 0 radical (unpaired) electrons. The lowest BCUT2D eigenvalue weighted by atomic mass is 10.1. The van der Waals surface area contributed by atoms with E-state index in [9.17, 15) is 5.26 Å². The summed E-state index contributed by atoms with van der Waals surface area (Å²) < 4.78 is 0. The first-order valence-corrected chi connectivity index (χ1v) is 9.61. The number of hydrogen-bond acceptors (Lipinski definition) is 4. The molecule has 26 heavy (non-hydrogen) atoms. The number of benzene rings is 2. The minimum absolute atomic E-state index is 0.591. The fraction of sp³-hybridized carbons (Fsp3) is 0.182. The van der Waals surface area contributed by atoms with Crippen molar-refractivity contribution >= 4 is 28.7 Å². The number of nitriles is 1. The van der Waals surface area contributed by atoms with Crippen molar-refractivity contribution in [3.63, 3.8) is 0 Å². The van der Waals surface area contributed by atoms with E-state index in [2.05, 4.69) is 54.1 Å². The van der Waals surface area contributed by atoms with Crippen molar-refractivity contribution in [2.75, 3.05) is 18.0 Å². The topological polar surface area (TPSA) is 39.9 Å². The summed E-state index contributed by atoms with van der Waals surface area (Å²) in [6.45, 7) is 6.27. The summed E-state index contributed by atoms with van der Waals surface area (Å²) in [5, 5.41) is 12.3. The van der Waals surface area contributed by atoms with E-state index in [4.69, 9.17) is 0 Å². The Kier molecular flexibility index (Phi) is 5.83. The normalized spacial score (nSPS) is 11.2. The maximum absolute atomic E-state index is 9.58. The van der Waals surface area contributed by atoms with E-state index >= 15 is 0 Å². The average Bonchev–Trinajstić information content (AvgIpc) is 3.19. The molecule has 1 aromatic heterocycles. The van der Waals surface area contributed by atoms with Crippen molar-refractivity contribution in [2.24, 2.45) is 0 Å². The van der Waals surface area contributed by atoms with Crippen LogP contribution >= 0.6 is 11.3 Å². The molecule has 4 heteroatoms. The first-order chi connectivity index (χ1) is 12.7. The second kappa shape index (κ2) is 8.46. The van der Waals surface area contributed by atoms with Crippen molar-refractivity contribution in [3.8, 4) is 17.3 Å². The summed E-state index contributed by atoms with van der Waals surface area (Å²) in [5.74, 6) is 0. The Bertz CT molecular complexity index is 914. The van der Waals surface area contributed by atoms with Gasteiger partial charge < -0.3 is 4.90 Å². The first kappa shape index (κ1) is 17.9. The van der Waals surface area contributed by atoms with Gasteiger partial charge in [-0.3, -0.25) is 0 Å². The van der Waals surface area contributed by atoms with Gasteiger partial charge in [-0.25, -0.2) is 4.98 Å². The SMILES string of the molecule is CCN(CC)c1ccc(/C=C(/C#N)c2nc(-c3ccccc3)cs2)cc1. The zero-order valence-corrected chi connectivity index (χ0v) is 15.8. The van der Waals surface area contributed by atoms with E-state index in [-0.39, 0.29) is 0 Å². The zero-order valence-electron chi connectivity index (χ0n) is 15.0. The Balaban J connectivity index is 1.85. The van der Waals surface area contributed by atoms with Crippen LogP contribution in [-0.2, 0) is 0 Å². The lowest BCUT2D eigenvalue weighted by molar-refractivity contribution is 0.866. The molecule has 0 unspecified atom stereocenters. The molecule has 0 bridgehead atoms. The van der Waals surface area contributed by atoms with Gasteiger partial charge in [-0.1, -0.05) is 42.5 Å². The fourth-order valence-corrected chi connectivity index (χ4v) is 3.61. The van der Waals surface area contributed by atoms with Gasteiger partial charge in [0.1, 0.15) is 11.1 Å². The molecule has 3 aromatic rings. The smallest absolute Gasteiger partial charge is 0.134 e. The van der Waals surface area contributed by atoms with Gasteiger partial charge in [0.15, 0.2) is 0 Å². The summed E-state index contributed by atoms with van der Waals surface area (Å²) in [6, 6.07) is 20.6. The summed E-state index contributed by atoms with van der Waals surface area (Å²) >= 11 is 1.50. The van der Waals surface area contributed by atoms with Crippen LogP contribution in [-0.4, -0.2) is 18.1 Å². The Morgan fingerprint density at radius 3 is 2.38 bits per heavy atom. The lowest BCUT2D eigenvalue weighted by Gasteiger charge is -2.20. The van der Waals surface area contributed by atoms with Crippen molar-refractivity contribution in [2.45, 2.75) is 13.8 Å². The van der Waals surface area contributed by atoms with Crippen molar-refractivity contribution in [3.05, 3.63) is 70.5 Å². The summed E-state index contributed by atoms with van der Waals surface area (Å²) in [6.07, 6.45) is 1.90. The Hall–Kier alpha value is -2.90. The third kappa shape index (κ3) is 4.01. The second-order valence-corrected chi connectivity index (χ2v) is 6.70. The number of allylic oxidation sites excluding steroid dienone is 1. The van der Waals surface area contributed by atoms with Gasteiger partial charge in [0, 0.05) is 29.7 Å². The number of thiazole rings is 1. The highest BCUT2D eigenvalue weighted by Crippen LogP contribution is 2.27. The zero-order chi connectivity index (χ0) is 18.4. The monoisotopic (exact) mass is 359 g/mol. The minimum Gasteiger partial charge on any atom is -0.372 e. The van der Waals surface area contributed by atoms with Crippen LogP contribution in [0.5, 0.6) is 0 Å². The van der Waals surface area contributed by atoms with Crippen LogP contribution in [0.1, 0.15) is 24.4 Å². The lowest BCUT2D eigenvalue weighted by Crippen LogP contribution is -2.21. The molecule has 0 fully saturated rings. The van der Waals surface area contributed by atoms with E-state index in [1.54, 1.807) is 0 Å². The summed E-state index contributed by atoms with van der Waals surface area (Å²) in [4.78, 5) is 6.94. The molecule has 3 rings (SSSR count). The largest absolute Gasteiger partial charge is 0.372 e. The molecule has 0 saturated carbocycles. The van der Waals surface area contributed by atoms with E-state index in [0.717, 1.165) is 34.9 Å². The van der Waals surface area contributed by atoms with E-state index in [0.29, 0.717) is 5.57 Å². The molecule has 2 aromatic carbocycles. The van der Waals surface area contributed by atoms with E-state index in [1.165, 1.54) is 17.0 Å². The standard InChI is InChI=1S/C22H21N3S/c1-3-25(4-2)20-12-10-17(11-13-20)14-19(15-23)22-24-21(16-26-22)18-8-6-5-7-9-18/h5-14,16H,3-4H2,1-2H3/b19-14-. The molecule has 0 spiro atoms. The van der Waals surface area contributed by atoms with Crippen LogP contribution < -0.4 is 4.90 Å². The quantitative estimate of drug-likeness (QED) is 0.528.